The summed E-state index contributed by atoms with van der Waals surface area (Å²) < 4.78 is 38.1. The zero-order chi connectivity index (χ0) is 24.2. The first kappa shape index (κ1) is 23.2. The molecule has 7 nitrogen and oxygen atoms in total. The Morgan fingerprint density at radius 1 is 1.12 bits per heavy atom. The number of hydrogen-bond acceptors (Lipinski definition) is 6. The molecule has 0 unspecified atom stereocenters. The number of nitrogens with one attached hydrogen (secondary N) is 2. The molecular formula is C24H29ClF2N6O. The van der Waals surface area contributed by atoms with Crippen LogP contribution in [0, 0.1) is 23.0 Å². The molecule has 2 fully saturated rings. The van der Waals surface area contributed by atoms with Crippen molar-refractivity contribution in [1.29, 1.82) is 0 Å². The molecule has 2 N–H and O–H groups in total. The molecule has 0 amide bonds. The summed E-state index contributed by atoms with van der Waals surface area (Å²) in [6, 6.07) is 2.98. The third-order valence-corrected chi connectivity index (χ3v) is 7.68. The van der Waals surface area contributed by atoms with Gasteiger partial charge in [0.25, 0.3) is 5.78 Å². The summed E-state index contributed by atoms with van der Waals surface area (Å²) in [5.41, 5.74) is 0.153. The molecule has 34 heavy (non-hydrogen) atoms. The van der Waals surface area contributed by atoms with Crippen LogP contribution in [-0.2, 0) is 0 Å². The molecule has 2 aliphatic rings. The molecule has 10 heteroatoms. The van der Waals surface area contributed by atoms with Gasteiger partial charge in [-0.15, -0.1) is 0 Å². The van der Waals surface area contributed by atoms with Crippen molar-refractivity contribution in [3.05, 3.63) is 35.2 Å². The normalized spacial score (nSPS) is 24.8. The second-order valence-electron chi connectivity index (χ2n) is 10.1. The monoisotopic (exact) mass is 490 g/mol. The van der Waals surface area contributed by atoms with Crippen molar-refractivity contribution in [2.75, 3.05) is 12.4 Å². The molecule has 5 rings (SSSR count). The van der Waals surface area contributed by atoms with E-state index in [2.05, 4.69) is 25.7 Å². The van der Waals surface area contributed by atoms with Crippen LogP contribution in [0.25, 0.3) is 16.9 Å². The van der Waals surface area contributed by atoms with E-state index in [0.717, 1.165) is 25.7 Å². The Hall–Kier alpha value is -2.52. The molecule has 0 bridgehead atoms. The summed E-state index contributed by atoms with van der Waals surface area (Å²) in [5, 5.41) is 10.7. The van der Waals surface area contributed by atoms with Crippen molar-refractivity contribution in [3.63, 3.8) is 0 Å². The van der Waals surface area contributed by atoms with Crippen LogP contribution in [0.2, 0.25) is 5.15 Å². The van der Waals surface area contributed by atoms with E-state index >= 15 is 8.78 Å². The van der Waals surface area contributed by atoms with Gasteiger partial charge in [-0.25, -0.2) is 8.78 Å². The van der Waals surface area contributed by atoms with Crippen LogP contribution in [0.4, 0.5) is 14.6 Å². The fourth-order valence-corrected chi connectivity index (χ4v) is 5.38. The summed E-state index contributed by atoms with van der Waals surface area (Å²) in [6.45, 7) is 6.06. The minimum atomic E-state index is -0.772. The lowest BCUT2D eigenvalue weighted by molar-refractivity contribution is -0.0841. The predicted octanol–water partition coefficient (Wildman–Crippen LogP) is 5.09. The molecule has 182 valence electrons. The van der Waals surface area contributed by atoms with Gasteiger partial charge in [0, 0.05) is 24.2 Å². The van der Waals surface area contributed by atoms with E-state index in [1.54, 1.807) is 0 Å². The van der Waals surface area contributed by atoms with Gasteiger partial charge < -0.3 is 15.4 Å². The van der Waals surface area contributed by atoms with Gasteiger partial charge in [-0.3, -0.25) is 0 Å². The van der Waals surface area contributed by atoms with Crippen LogP contribution >= 0.6 is 11.6 Å². The van der Waals surface area contributed by atoms with Crippen molar-refractivity contribution in [2.45, 2.75) is 64.6 Å². The Labute approximate surface area is 202 Å². The fraction of sp³-hybridized carbons (Fsp3) is 0.542. The van der Waals surface area contributed by atoms with E-state index in [-0.39, 0.29) is 45.9 Å². The van der Waals surface area contributed by atoms with Crippen LogP contribution in [-0.4, -0.2) is 44.8 Å². The van der Waals surface area contributed by atoms with Crippen LogP contribution in [0.1, 0.15) is 46.5 Å². The second-order valence-corrected chi connectivity index (χ2v) is 10.4. The van der Waals surface area contributed by atoms with Crippen molar-refractivity contribution in [1.82, 2.24) is 24.9 Å². The molecule has 2 saturated carbocycles. The molecule has 0 saturated heterocycles. The molecule has 0 radical (unpaired) electrons. The van der Waals surface area contributed by atoms with Gasteiger partial charge >= 0.3 is 0 Å². The largest absolute Gasteiger partial charge is 0.490 e. The average Bonchev–Trinajstić information content (AvgIpc) is 3.18. The first-order valence-corrected chi connectivity index (χ1v) is 12.1. The summed E-state index contributed by atoms with van der Waals surface area (Å²) in [4.78, 5) is 8.26. The highest BCUT2D eigenvalue weighted by Gasteiger charge is 2.53. The topological polar surface area (TPSA) is 76.4 Å². The van der Waals surface area contributed by atoms with Crippen molar-refractivity contribution in [2.24, 2.45) is 11.3 Å². The zero-order valence-corrected chi connectivity index (χ0v) is 20.5. The van der Waals surface area contributed by atoms with E-state index in [4.69, 9.17) is 16.3 Å². The van der Waals surface area contributed by atoms with Crippen molar-refractivity contribution >= 4 is 23.2 Å². The van der Waals surface area contributed by atoms with Crippen LogP contribution in [0.3, 0.4) is 0 Å². The second kappa shape index (κ2) is 8.61. The molecule has 1 aromatic carbocycles. The van der Waals surface area contributed by atoms with E-state index in [1.807, 2.05) is 27.8 Å². The van der Waals surface area contributed by atoms with E-state index in [1.165, 1.54) is 23.0 Å². The van der Waals surface area contributed by atoms with Crippen LogP contribution in [0.15, 0.2) is 18.5 Å². The Morgan fingerprint density at radius 2 is 1.79 bits per heavy atom. The Balaban J connectivity index is 1.45. The van der Waals surface area contributed by atoms with Crippen molar-refractivity contribution < 1.29 is 13.5 Å². The Kier molecular flexibility index (Phi) is 5.88. The third kappa shape index (κ3) is 3.98. The van der Waals surface area contributed by atoms with Gasteiger partial charge in [-0.1, -0.05) is 25.4 Å². The van der Waals surface area contributed by atoms with Crippen LogP contribution < -0.4 is 15.4 Å². The van der Waals surface area contributed by atoms with Gasteiger partial charge in [0.2, 0.25) is 0 Å². The number of aromatic nitrogens is 4. The molecule has 2 aliphatic carbocycles. The summed E-state index contributed by atoms with van der Waals surface area (Å²) in [6.07, 6.45) is 5.39. The highest BCUT2D eigenvalue weighted by molar-refractivity contribution is 6.33. The number of ether oxygens (including phenoxy) is 1. The summed E-state index contributed by atoms with van der Waals surface area (Å²) >= 11 is 6.44. The van der Waals surface area contributed by atoms with Gasteiger partial charge in [-0.2, -0.15) is 19.6 Å². The van der Waals surface area contributed by atoms with Gasteiger partial charge in [0.05, 0.1) is 17.2 Å². The fourth-order valence-electron chi connectivity index (χ4n) is 5.12. The minimum Gasteiger partial charge on any atom is -0.490 e. The maximum Gasteiger partial charge on any atom is 0.255 e. The number of rotatable bonds is 7. The number of fused-ring (bicyclic) bond motifs is 1. The predicted molar refractivity (Wildman–Crippen MR) is 127 cm³/mol. The van der Waals surface area contributed by atoms with E-state index in [9.17, 15) is 0 Å². The van der Waals surface area contributed by atoms with Gasteiger partial charge in [0.1, 0.15) is 34.7 Å². The third-order valence-electron chi connectivity index (χ3n) is 7.40. The summed E-state index contributed by atoms with van der Waals surface area (Å²) in [5.74, 6) is -0.543. The van der Waals surface area contributed by atoms with E-state index in [0.29, 0.717) is 17.3 Å². The number of benzene rings is 1. The lowest BCUT2D eigenvalue weighted by atomic mass is 9.53. The maximum atomic E-state index is 15.4. The molecule has 1 spiro atoms. The minimum absolute atomic E-state index is 0.0247. The lowest BCUT2D eigenvalue weighted by Crippen LogP contribution is -2.57. The molecule has 1 atom stereocenters. The number of anilines is 1. The number of hydrogen-bond donors (Lipinski definition) is 2. The van der Waals surface area contributed by atoms with Crippen LogP contribution in [0.5, 0.6) is 5.75 Å². The van der Waals surface area contributed by atoms with Gasteiger partial charge in [-0.05, 0) is 51.0 Å². The first-order chi connectivity index (χ1) is 16.2. The average molecular weight is 491 g/mol. The van der Waals surface area contributed by atoms with E-state index < -0.39 is 11.6 Å². The smallest absolute Gasteiger partial charge is 0.255 e. The molecule has 3 aromatic rings. The van der Waals surface area contributed by atoms with Gasteiger partial charge in [0.15, 0.2) is 0 Å². The van der Waals surface area contributed by atoms with Crippen molar-refractivity contribution in [3.8, 4) is 16.9 Å². The number of nitrogens with zero attached hydrogens (tertiary/aromatic N) is 4. The molecule has 0 aliphatic heterocycles. The quantitative estimate of drug-likeness (QED) is 0.449. The molecule has 2 aromatic heterocycles. The maximum absolute atomic E-state index is 15.4. The SMILES string of the molecule is CNC1CC2(C1)CC(Oc1cc(F)c(-c3c(Cl)nc4ncnn4c3N[C@H](C)C(C)C)c(F)c1)C2. The lowest BCUT2D eigenvalue weighted by Gasteiger charge is -2.57. The Bertz CT molecular complexity index is 1190. The zero-order valence-electron chi connectivity index (χ0n) is 19.7. The number of halogens is 3. The standard InChI is InChI=1S/C24H29ClF2N6O/c1-12(2)13(3)31-22-20(21(25)32-23-29-11-30-33(22)23)19-17(26)5-15(6-18(19)27)34-16-9-24(10-16)7-14(8-24)28-4/h5-6,11-14,16,28,31H,7-10H2,1-4H3/t13-,14?,16?,24?/m1/s1. The highest BCUT2D eigenvalue weighted by Crippen LogP contribution is 2.56. The molecular weight excluding hydrogens is 462 g/mol. The highest BCUT2D eigenvalue weighted by atomic mass is 35.5. The summed E-state index contributed by atoms with van der Waals surface area (Å²) in [7, 11) is 1.98. The molecule has 2 heterocycles. The Morgan fingerprint density at radius 3 is 2.41 bits per heavy atom. The first-order valence-electron chi connectivity index (χ1n) is 11.7.